The number of rotatable bonds is 8. The zero-order valence-corrected chi connectivity index (χ0v) is 16.3. The number of hydrogen-bond acceptors (Lipinski definition) is 4. The molecule has 2 aromatic rings. The van der Waals surface area contributed by atoms with Crippen molar-refractivity contribution in [3.8, 4) is 11.5 Å². The molecule has 1 heterocycles. The second-order valence-corrected chi connectivity index (χ2v) is 6.87. The molecule has 6 nitrogen and oxygen atoms in total. The van der Waals surface area contributed by atoms with E-state index in [1.54, 1.807) is 19.1 Å². The van der Waals surface area contributed by atoms with Gasteiger partial charge in [0.05, 0.1) is 20.1 Å². The molecule has 6 heteroatoms. The van der Waals surface area contributed by atoms with Crippen LogP contribution in [0, 0.1) is 5.92 Å². The van der Waals surface area contributed by atoms with Crippen LogP contribution >= 0.6 is 0 Å². The number of likely N-dealkylation sites (tertiary alicyclic amines) is 1. The largest absolute Gasteiger partial charge is 0.497 e. The molecular weight excluding hydrogens is 356 g/mol. The van der Waals surface area contributed by atoms with E-state index in [4.69, 9.17) is 9.47 Å². The molecule has 148 valence electrons. The third-order valence-corrected chi connectivity index (χ3v) is 5.04. The molecule has 0 aromatic heterocycles. The first-order chi connectivity index (χ1) is 13.6. The summed E-state index contributed by atoms with van der Waals surface area (Å²) in [5.74, 6) is 1.17. The summed E-state index contributed by atoms with van der Waals surface area (Å²) in [7, 11) is 3.24. The lowest BCUT2D eigenvalue weighted by Gasteiger charge is -2.17. The van der Waals surface area contributed by atoms with Crippen LogP contribution in [0.1, 0.15) is 17.5 Å². The number of methoxy groups -OCH3 is 2. The van der Waals surface area contributed by atoms with Crippen molar-refractivity contribution >= 4 is 11.8 Å². The minimum atomic E-state index is -0.312. The van der Waals surface area contributed by atoms with Gasteiger partial charge in [-0.1, -0.05) is 30.3 Å². The van der Waals surface area contributed by atoms with Crippen LogP contribution in [0.15, 0.2) is 48.5 Å². The molecule has 0 saturated carbocycles. The van der Waals surface area contributed by atoms with Crippen LogP contribution in [0.4, 0.5) is 0 Å². The van der Waals surface area contributed by atoms with Crippen LogP contribution in [0.5, 0.6) is 11.5 Å². The maximum Gasteiger partial charge on any atom is 0.225 e. The average molecular weight is 382 g/mol. The maximum atomic E-state index is 12.5. The Balaban J connectivity index is 1.51. The summed E-state index contributed by atoms with van der Waals surface area (Å²) in [6.45, 7) is 1.44. The maximum absolute atomic E-state index is 12.5. The lowest BCUT2D eigenvalue weighted by molar-refractivity contribution is -0.129. The summed E-state index contributed by atoms with van der Waals surface area (Å²) in [5.41, 5.74) is 2.02. The highest BCUT2D eigenvalue weighted by atomic mass is 16.5. The Morgan fingerprint density at radius 2 is 1.96 bits per heavy atom. The monoisotopic (exact) mass is 382 g/mol. The molecule has 1 aliphatic heterocycles. The van der Waals surface area contributed by atoms with E-state index in [1.807, 2.05) is 48.5 Å². The van der Waals surface area contributed by atoms with Gasteiger partial charge in [-0.2, -0.15) is 0 Å². The van der Waals surface area contributed by atoms with E-state index in [9.17, 15) is 9.59 Å². The van der Waals surface area contributed by atoms with Gasteiger partial charge < -0.3 is 19.7 Å². The lowest BCUT2D eigenvalue weighted by atomic mass is 10.1. The summed E-state index contributed by atoms with van der Waals surface area (Å²) in [6, 6.07) is 15.4. The zero-order chi connectivity index (χ0) is 19.9. The third-order valence-electron chi connectivity index (χ3n) is 5.04. The Hall–Kier alpha value is -3.02. The molecule has 0 aliphatic carbocycles. The van der Waals surface area contributed by atoms with E-state index in [2.05, 4.69) is 5.32 Å². The van der Waals surface area contributed by atoms with Crippen LogP contribution in [0.2, 0.25) is 0 Å². The Kier molecular flexibility index (Phi) is 6.53. The first-order valence-corrected chi connectivity index (χ1v) is 9.41. The molecule has 0 bridgehead atoms. The van der Waals surface area contributed by atoms with Gasteiger partial charge in [0.25, 0.3) is 0 Å². The van der Waals surface area contributed by atoms with Crippen molar-refractivity contribution in [1.82, 2.24) is 10.2 Å². The molecule has 0 spiro atoms. The van der Waals surface area contributed by atoms with Crippen LogP contribution in [-0.4, -0.2) is 44.0 Å². The number of nitrogens with zero attached hydrogens (tertiary/aromatic N) is 1. The first-order valence-electron chi connectivity index (χ1n) is 9.41. The molecule has 0 radical (unpaired) electrons. The van der Waals surface area contributed by atoms with Crippen LogP contribution in [0.3, 0.4) is 0 Å². The molecule has 2 amide bonds. The average Bonchev–Trinajstić information content (AvgIpc) is 3.11. The normalized spacial score (nSPS) is 16.1. The quantitative estimate of drug-likeness (QED) is 0.761. The predicted octanol–water partition coefficient (Wildman–Crippen LogP) is 2.41. The van der Waals surface area contributed by atoms with Crippen molar-refractivity contribution in [2.24, 2.45) is 5.92 Å². The summed E-state index contributed by atoms with van der Waals surface area (Å²) in [5, 5.41) is 2.93. The number of para-hydroxylation sites is 1. The fourth-order valence-electron chi connectivity index (χ4n) is 3.43. The summed E-state index contributed by atoms with van der Waals surface area (Å²) < 4.78 is 10.5. The topological polar surface area (TPSA) is 67.9 Å². The molecule has 3 rings (SSSR count). The predicted molar refractivity (Wildman–Crippen MR) is 106 cm³/mol. The van der Waals surface area contributed by atoms with E-state index < -0.39 is 0 Å². The van der Waals surface area contributed by atoms with Crippen LogP contribution < -0.4 is 14.8 Å². The Morgan fingerprint density at radius 1 is 1.14 bits per heavy atom. The molecule has 1 saturated heterocycles. The minimum Gasteiger partial charge on any atom is -0.497 e. The Labute approximate surface area is 165 Å². The third kappa shape index (κ3) is 4.82. The van der Waals surface area contributed by atoms with Gasteiger partial charge in [-0.15, -0.1) is 0 Å². The van der Waals surface area contributed by atoms with Crippen molar-refractivity contribution in [2.45, 2.75) is 19.4 Å². The van der Waals surface area contributed by atoms with E-state index in [0.717, 1.165) is 29.0 Å². The summed E-state index contributed by atoms with van der Waals surface area (Å²) in [4.78, 5) is 26.6. The molecular formula is C22H26N2O4. The smallest absolute Gasteiger partial charge is 0.225 e. The second kappa shape index (κ2) is 9.26. The van der Waals surface area contributed by atoms with Gasteiger partial charge in [0.1, 0.15) is 11.5 Å². The van der Waals surface area contributed by atoms with Crippen molar-refractivity contribution in [3.05, 3.63) is 59.7 Å². The van der Waals surface area contributed by atoms with Gasteiger partial charge in [0, 0.05) is 31.6 Å². The fraction of sp³-hybridized carbons (Fsp3) is 0.364. The summed E-state index contributed by atoms with van der Waals surface area (Å²) >= 11 is 0. The standard InChI is InChI=1S/C22H26N2O4/c1-27-19-8-5-6-16(12-19)10-11-24-15-18(13-21(24)25)22(26)23-14-17-7-3-4-9-20(17)28-2/h3-9,12,18H,10-11,13-15H2,1-2H3,(H,23,26). The fourth-order valence-corrected chi connectivity index (χ4v) is 3.43. The molecule has 28 heavy (non-hydrogen) atoms. The number of benzene rings is 2. The van der Waals surface area contributed by atoms with Crippen molar-refractivity contribution < 1.29 is 19.1 Å². The van der Waals surface area contributed by atoms with Gasteiger partial charge >= 0.3 is 0 Å². The van der Waals surface area contributed by atoms with Gasteiger partial charge in [0.15, 0.2) is 0 Å². The van der Waals surface area contributed by atoms with E-state index >= 15 is 0 Å². The molecule has 1 atom stereocenters. The number of hydrogen-bond donors (Lipinski definition) is 1. The number of ether oxygens (including phenoxy) is 2. The molecule has 1 unspecified atom stereocenters. The SMILES string of the molecule is COc1cccc(CCN2CC(C(=O)NCc3ccccc3OC)CC2=O)c1. The molecule has 1 fully saturated rings. The van der Waals surface area contributed by atoms with Gasteiger partial charge in [-0.05, 0) is 30.2 Å². The van der Waals surface area contributed by atoms with Crippen LogP contribution in [0.25, 0.3) is 0 Å². The first kappa shape index (κ1) is 19.7. The van der Waals surface area contributed by atoms with Crippen molar-refractivity contribution in [1.29, 1.82) is 0 Å². The Morgan fingerprint density at radius 3 is 2.75 bits per heavy atom. The molecule has 1 N–H and O–H groups in total. The van der Waals surface area contributed by atoms with Gasteiger partial charge in [0.2, 0.25) is 11.8 Å². The highest BCUT2D eigenvalue weighted by Crippen LogP contribution is 2.21. The summed E-state index contributed by atoms with van der Waals surface area (Å²) in [6.07, 6.45) is 0.994. The number of carbonyl (C=O) groups excluding carboxylic acids is 2. The van der Waals surface area contributed by atoms with Crippen LogP contribution in [-0.2, 0) is 22.6 Å². The Bertz CT molecular complexity index is 837. The van der Waals surface area contributed by atoms with E-state index in [1.165, 1.54) is 0 Å². The minimum absolute atomic E-state index is 0.0281. The highest BCUT2D eigenvalue weighted by molar-refractivity contribution is 5.89. The van der Waals surface area contributed by atoms with Crippen molar-refractivity contribution in [3.63, 3.8) is 0 Å². The highest BCUT2D eigenvalue weighted by Gasteiger charge is 2.33. The number of nitrogens with one attached hydrogen (secondary N) is 1. The van der Waals surface area contributed by atoms with E-state index in [-0.39, 0.29) is 24.2 Å². The van der Waals surface area contributed by atoms with Gasteiger partial charge in [-0.3, -0.25) is 9.59 Å². The zero-order valence-electron chi connectivity index (χ0n) is 16.3. The number of amides is 2. The molecule has 1 aliphatic rings. The van der Waals surface area contributed by atoms with Gasteiger partial charge in [-0.25, -0.2) is 0 Å². The molecule has 2 aromatic carbocycles. The second-order valence-electron chi connectivity index (χ2n) is 6.87. The lowest BCUT2D eigenvalue weighted by Crippen LogP contribution is -2.33. The van der Waals surface area contributed by atoms with Crippen molar-refractivity contribution in [2.75, 3.05) is 27.3 Å². The van der Waals surface area contributed by atoms with E-state index in [0.29, 0.717) is 19.6 Å². The number of carbonyl (C=O) groups is 2.